The zero-order chi connectivity index (χ0) is 16.2. The molecule has 3 aromatic rings. The molecule has 1 atom stereocenters. The molecule has 1 heterocycles. The zero-order valence-electron chi connectivity index (χ0n) is 14.0. The minimum Gasteiger partial charge on any atom is -0.484 e. The number of rotatable bonds is 6. The highest BCUT2D eigenvalue weighted by atomic mass is 32.1. The first-order valence-corrected chi connectivity index (χ1v) is 8.36. The molecule has 3 rings (SSSR count). The summed E-state index contributed by atoms with van der Waals surface area (Å²) < 4.78 is 14.4. The van der Waals surface area contributed by atoms with E-state index < -0.39 is 0 Å². The number of hydrogen-bond donors (Lipinski definition) is 0. The van der Waals surface area contributed by atoms with Crippen molar-refractivity contribution in [1.82, 2.24) is 4.90 Å². The van der Waals surface area contributed by atoms with E-state index in [9.17, 15) is 0 Å². The lowest BCUT2D eigenvalue weighted by molar-refractivity contribution is 0.185. The molecule has 0 saturated carbocycles. The lowest BCUT2D eigenvalue weighted by Crippen LogP contribution is -2.18. The number of fused-ring (bicyclic) bond motifs is 1. The van der Waals surface area contributed by atoms with Crippen molar-refractivity contribution < 1.29 is 6.11 Å². The van der Waals surface area contributed by atoms with Crippen molar-refractivity contribution in [2.75, 3.05) is 20.6 Å². The van der Waals surface area contributed by atoms with Crippen LogP contribution in [0.15, 0.2) is 60.0 Å². The number of benzene rings is 2. The Morgan fingerprint density at radius 3 is 2.77 bits per heavy atom. The molecule has 2 nitrogen and oxygen atoms in total. The van der Waals surface area contributed by atoms with Gasteiger partial charge in [-0.1, -0.05) is 42.4 Å². The quantitative estimate of drug-likeness (QED) is 0.637. The number of hydrogen-bond acceptors (Lipinski definition) is 3. The Hall–Kier alpha value is -1.84. The van der Waals surface area contributed by atoms with Gasteiger partial charge in [-0.05, 0) is 37.0 Å². The summed E-state index contributed by atoms with van der Waals surface area (Å²) in [7, 11) is 4.16. The fraction of sp³-hybridized carbons (Fsp3) is 0.263. The molecule has 1 unspecified atom stereocenters. The van der Waals surface area contributed by atoms with Crippen LogP contribution in [-0.2, 0) is 0 Å². The standard InChI is InChI=1S/C19H21NOS/c1-20(2)13-12-18(19-11-6-14-22-19)21-17-10-5-8-15-7-3-4-9-16(15)17/h3-11,14,18H,12-13H2,1-2H3/i8D. The van der Waals surface area contributed by atoms with Crippen LogP contribution in [-0.4, -0.2) is 25.5 Å². The van der Waals surface area contributed by atoms with Crippen molar-refractivity contribution in [2.45, 2.75) is 12.5 Å². The average molecular weight is 312 g/mol. The average Bonchev–Trinajstić information content (AvgIpc) is 3.08. The highest BCUT2D eigenvalue weighted by Crippen LogP contribution is 2.32. The van der Waals surface area contributed by atoms with Crippen molar-refractivity contribution in [1.29, 1.82) is 0 Å². The Morgan fingerprint density at radius 1 is 1.14 bits per heavy atom. The molecule has 2 aromatic carbocycles. The van der Waals surface area contributed by atoms with Gasteiger partial charge in [0.15, 0.2) is 0 Å². The number of thiophene rings is 1. The van der Waals surface area contributed by atoms with Crippen LogP contribution in [0.1, 0.15) is 18.8 Å². The third kappa shape index (κ3) is 3.49. The van der Waals surface area contributed by atoms with E-state index in [4.69, 9.17) is 6.11 Å². The number of nitrogens with zero attached hydrogens (tertiary/aromatic N) is 1. The fourth-order valence-electron chi connectivity index (χ4n) is 2.49. The summed E-state index contributed by atoms with van der Waals surface area (Å²) in [5, 5.41) is 4.03. The molecule has 3 heteroatoms. The SMILES string of the molecule is [2H]c1ccc(OC(CCN(C)C)c2cccs2)c2ccccc12. The highest BCUT2D eigenvalue weighted by molar-refractivity contribution is 7.10. The zero-order valence-corrected chi connectivity index (χ0v) is 13.8. The van der Waals surface area contributed by atoms with Gasteiger partial charge >= 0.3 is 0 Å². The van der Waals surface area contributed by atoms with Crippen LogP contribution in [0, 0.1) is 0 Å². The molecule has 1 aromatic heterocycles. The summed E-state index contributed by atoms with van der Waals surface area (Å²) in [6.45, 7) is 0.969. The summed E-state index contributed by atoms with van der Waals surface area (Å²) in [4.78, 5) is 3.42. The maximum absolute atomic E-state index is 8.06. The van der Waals surface area contributed by atoms with Gasteiger partial charge in [0.2, 0.25) is 0 Å². The largest absolute Gasteiger partial charge is 0.484 e. The smallest absolute Gasteiger partial charge is 0.134 e. The van der Waals surface area contributed by atoms with E-state index in [1.54, 1.807) is 11.3 Å². The lowest BCUT2D eigenvalue weighted by Gasteiger charge is -2.21. The minimum absolute atomic E-state index is 0.0392. The molecule has 0 aliphatic heterocycles. The first kappa shape index (κ1) is 13.8. The second kappa shape index (κ2) is 6.95. The van der Waals surface area contributed by atoms with Gasteiger partial charge in [-0.2, -0.15) is 0 Å². The summed E-state index contributed by atoms with van der Waals surface area (Å²) in [6, 6.07) is 16.4. The van der Waals surface area contributed by atoms with Crippen molar-refractivity contribution in [3.8, 4) is 5.75 Å². The Morgan fingerprint density at radius 2 is 2.00 bits per heavy atom. The van der Waals surface area contributed by atoms with Crippen molar-refractivity contribution in [3.63, 3.8) is 0 Å². The molecule has 0 spiro atoms. The van der Waals surface area contributed by atoms with E-state index in [1.807, 2.05) is 36.4 Å². The van der Waals surface area contributed by atoms with Crippen molar-refractivity contribution in [2.24, 2.45) is 0 Å². The molecular weight excluding hydrogens is 290 g/mol. The predicted molar refractivity (Wildman–Crippen MR) is 94.8 cm³/mol. The molecule has 114 valence electrons. The van der Waals surface area contributed by atoms with Gasteiger partial charge in [0.05, 0.1) is 1.37 Å². The van der Waals surface area contributed by atoms with Gasteiger partial charge in [0.25, 0.3) is 0 Å². The molecule has 0 bridgehead atoms. The summed E-state index contributed by atoms with van der Waals surface area (Å²) >= 11 is 1.73. The van der Waals surface area contributed by atoms with E-state index in [0.717, 1.165) is 29.5 Å². The molecular formula is C19H21NOS. The first-order chi connectivity index (χ1) is 11.1. The summed E-state index contributed by atoms with van der Waals surface area (Å²) in [5.41, 5.74) is 0. The molecule has 0 fully saturated rings. The van der Waals surface area contributed by atoms with E-state index in [2.05, 4.69) is 36.5 Å². The highest BCUT2D eigenvalue weighted by Gasteiger charge is 2.16. The molecule has 0 N–H and O–H groups in total. The molecule has 0 amide bonds. The van der Waals surface area contributed by atoms with Gasteiger partial charge in [0, 0.05) is 23.2 Å². The molecule has 0 radical (unpaired) electrons. The van der Waals surface area contributed by atoms with E-state index in [-0.39, 0.29) is 6.10 Å². The molecule has 0 aliphatic carbocycles. The second-order valence-corrected chi connectivity index (χ2v) is 6.58. The van der Waals surface area contributed by atoms with Crippen molar-refractivity contribution in [3.05, 3.63) is 64.8 Å². The fourth-order valence-corrected chi connectivity index (χ4v) is 3.28. The van der Waals surface area contributed by atoms with E-state index >= 15 is 0 Å². The first-order valence-electron chi connectivity index (χ1n) is 7.98. The van der Waals surface area contributed by atoms with Gasteiger partial charge in [-0.25, -0.2) is 0 Å². The van der Waals surface area contributed by atoms with Crippen LogP contribution in [0.25, 0.3) is 10.8 Å². The minimum atomic E-state index is 0.0392. The van der Waals surface area contributed by atoms with Gasteiger partial charge in [-0.15, -0.1) is 11.3 Å². The lowest BCUT2D eigenvalue weighted by atomic mass is 10.1. The maximum atomic E-state index is 8.06. The topological polar surface area (TPSA) is 12.5 Å². The third-order valence-electron chi connectivity index (χ3n) is 3.63. The van der Waals surface area contributed by atoms with E-state index in [0.29, 0.717) is 6.04 Å². The van der Waals surface area contributed by atoms with Crippen LogP contribution in [0.2, 0.25) is 0 Å². The Bertz CT molecular complexity index is 770. The Labute approximate surface area is 137 Å². The Balaban J connectivity index is 1.92. The summed E-state index contributed by atoms with van der Waals surface area (Å²) in [5.74, 6) is 0.855. The van der Waals surface area contributed by atoms with Gasteiger partial charge in [-0.3, -0.25) is 0 Å². The van der Waals surface area contributed by atoms with Gasteiger partial charge in [0.1, 0.15) is 11.9 Å². The second-order valence-electron chi connectivity index (χ2n) is 5.60. The summed E-state index contributed by atoms with van der Waals surface area (Å²) in [6.07, 6.45) is 0.974. The number of ether oxygens (including phenoxy) is 1. The predicted octanol–water partition coefficient (Wildman–Crippen LogP) is 4.97. The molecule has 0 saturated heterocycles. The normalized spacial score (nSPS) is 13.3. The molecule has 0 aliphatic rings. The van der Waals surface area contributed by atoms with Crippen LogP contribution in [0.3, 0.4) is 0 Å². The van der Waals surface area contributed by atoms with Gasteiger partial charge < -0.3 is 9.64 Å². The maximum Gasteiger partial charge on any atom is 0.134 e. The van der Waals surface area contributed by atoms with Crippen LogP contribution in [0.5, 0.6) is 5.75 Å². The monoisotopic (exact) mass is 312 g/mol. The van der Waals surface area contributed by atoms with Crippen LogP contribution in [0.4, 0.5) is 0 Å². The van der Waals surface area contributed by atoms with Crippen molar-refractivity contribution >= 4 is 22.1 Å². The third-order valence-corrected chi connectivity index (χ3v) is 4.60. The Kier molecular flexibility index (Phi) is 4.36. The molecule has 22 heavy (non-hydrogen) atoms. The van der Waals surface area contributed by atoms with Crippen LogP contribution < -0.4 is 4.74 Å². The van der Waals surface area contributed by atoms with Crippen LogP contribution >= 0.6 is 11.3 Å². The van der Waals surface area contributed by atoms with E-state index in [1.165, 1.54) is 4.88 Å².